The molecule has 5 nitrogen and oxygen atoms in total. The first kappa shape index (κ1) is 12.5. The van der Waals surface area contributed by atoms with Gasteiger partial charge in [-0.25, -0.2) is 9.59 Å². The van der Waals surface area contributed by atoms with Gasteiger partial charge in [-0.1, -0.05) is 19.1 Å². The third-order valence-corrected chi connectivity index (χ3v) is 2.60. The molecule has 5 heteroatoms. The lowest BCUT2D eigenvalue weighted by molar-refractivity contribution is -0.144. The van der Waals surface area contributed by atoms with Crippen molar-refractivity contribution in [2.45, 2.75) is 32.4 Å². The molecular formula is C11H17NO4. The molecule has 1 fully saturated rings. The minimum absolute atomic E-state index is 0.0687. The predicted molar refractivity (Wildman–Crippen MR) is 57.8 cm³/mol. The zero-order chi connectivity index (χ0) is 12.1. The number of alkyl carbamates (subject to hydrolysis) is 1. The van der Waals surface area contributed by atoms with E-state index in [1.807, 2.05) is 26.0 Å². The van der Waals surface area contributed by atoms with Crippen LogP contribution in [0.1, 0.15) is 20.3 Å². The van der Waals surface area contributed by atoms with Crippen molar-refractivity contribution < 1.29 is 19.1 Å². The minimum Gasteiger partial charge on any atom is -0.467 e. The second-order valence-corrected chi connectivity index (χ2v) is 3.80. The monoisotopic (exact) mass is 227 g/mol. The molecule has 0 aromatic carbocycles. The van der Waals surface area contributed by atoms with E-state index in [0.29, 0.717) is 0 Å². The highest BCUT2D eigenvalue weighted by atomic mass is 16.6. The Bertz CT molecular complexity index is 300. The van der Waals surface area contributed by atoms with Gasteiger partial charge in [0.25, 0.3) is 0 Å². The molecule has 0 aromatic rings. The summed E-state index contributed by atoms with van der Waals surface area (Å²) in [4.78, 5) is 22.5. The fraction of sp³-hybridized carbons (Fsp3) is 0.636. The Hall–Kier alpha value is -1.52. The summed E-state index contributed by atoms with van der Waals surface area (Å²) in [5, 5.41) is 2.45. The molecule has 0 bridgehead atoms. The molecule has 16 heavy (non-hydrogen) atoms. The average Bonchev–Trinajstić information content (AvgIpc) is 2.67. The van der Waals surface area contributed by atoms with Gasteiger partial charge in [0, 0.05) is 0 Å². The highest BCUT2D eigenvalue weighted by molar-refractivity contribution is 5.84. The van der Waals surface area contributed by atoms with E-state index < -0.39 is 24.2 Å². The van der Waals surface area contributed by atoms with Crippen LogP contribution in [0.4, 0.5) is 4.79 Å². The second-order valence-electron chi connectivity index (χ2n) is 3.80. The number of carbonyl (C=O) groups is 2. The fourth-order valence-electron chi connectivity index (χ4n) is 1.68. The second kappa shape index (κ2) is 5.53. The van der Waals surface area contributed by atoms with E-state index in [0.717, 1.165) is 6.42 Å². The first-order valence-electron chi connectivity index (χ1n) is 5.26. The topological polar surface area (TPSA) is 64.6 Å². The maximum Gasteiger partial charge on any atom is 0.408 e. The van der Waals surface area contributed by atoms with Crippen LogP contribution in [0.5, 0.6) is 0 Å². The van der Waals surface area contributed by atoms with Crippen LogP contribution in [0.2, 0.25) is 0 Å². The van der Waals surface area contributed by atoms with Gasteiger partial charge >= 0.3 is 12.1 Å². The molecule has 1 heterocycles. The molecule has 3 atom stereocenters. The van der Waals surface area contributed by atoms with E-state index in [-0.39, 0.29) is 5.92 Å². The summed E-state index contributed by atoms with van der Waals surface area (Å²) in [6.45, 7) is 3.85. The molecule has 0 spiro atoms. The van der Waals surface area contributed by atoms with Gasteiger partial charge in [-0.15, -0.1) is 0 Å². The fourth-order valence-corrected chi connectivity index (χ4v) is 1.68. The van der Waals surface area contributed by atoms with Gasteiger partial charge in [-0.05, 0) is 19.3 Å². The first-order valence-corrected chi connectivity index (χ1v) is 5.26. The number of cyclic esters (lactones) is 1. The van der Waals surface area contributed by atoms with Gasteiger partial charge in [0.05, 0.1) is 7.11 Å². The number of hydrogen-bond acceptors (Lipinski definition) is 4. The normalized spacial score (nSPS) is 26.3. The van der Waals surface area contributed by atoms with E-state index in [1.54, 1.807) is 0 Å². The van der Waals surface area contributed by atoms with Crippen molar-refractivity contribution in [1.29, 1.82) is 0 Å². The molecule has 1 saturated heterocycles. The highest BCUT2D eigenvalue weighted by Crippen LogP contribution is 2.21. The Kier molecular flexibility index (Phi) is 4.34. The molecule has 0 radical (unpaired) electrons. The zero-order valence-electron chi connectivity index (χ0n) is 9.73. The molecule has 1 amide bonds. The number of amides is 1. The summed E-state index contributed by atoms with van der Waals surface area (Å²) in [6, 6.07) is -0.697. The van der Waals surface area contributed by atoms with Crippen molar-refractivity contribution in [2.75, 3.05) is 7.11 Å². The molecule has 0 unspecified atom stereocenters. The Morgan fingerprint density at radius 1 is 1.69 bits per heavy atom. The lowest BCUT2D eigenvalue weighted by Crippen LogP contribution is -2.42. The number of rotatable bonds is 4. The molecule has 90 valence electrons. The van der Waals surface area contributed by atoms with E-state index in [1.165, 1.54) is 7.11 Å². The molecule has 0 aromatic heterocycles. The first-order chi connectivity index (χ1) is 7.60. The number of nitrogens with one attached hydrogen (secondary N) is 1. The lowest BCUT2D eigenvalue weighted by Gasteiger charge is -2.20. The van der Waals surface area contributed by atoms with Crippen molar-refractivity contribution in [1.82, 2.24) is 5.32 Å². The summed E-state index contributed by atoms with van der Waals surface area (Å²) in [7, 11) is 1.29. The van der Waals surface area contributed by atoms with E-state index in [4.69, 9.17) is 4.74 Å². The third kappa shape index (κ3) is 2.74. The number of esters is 1. The van der Waals surface area contributed by atoms with Gasteiger partial charge in [0.1, 0.15) is 6.10 Å². The number of ether oxygens (including phenoxy) is 2. The number of hydrogen-bond donors (Lipinski definition) is 1. The van der Waals surface area contributed by atoms with Crippen LogP contribution in [-0.4, -0.2) is 31.3 Å². The van der Waals surface area contributed by atoms with Crippen LogP contribution in [-0.2, 0) is 14.3 Å². The van der Waals surface area contributed by atoms with Crippen molar-refractivity contribution >= 4 is 12.1 Å². The van der Waals surface area contributed by atoms with Crippen molar-refractivity contribution in [3.05, 3.63) is 12.2 Å². The Morgan fingerprint density at radius 3 is 2.94 bits per heavy atom. The maximum atomic E-state index is 11.4. The van der Waals surface area contributed by atoms with Crippen LogP contribution >= 0.6 is 0 Å². The maximum absolute atomic E-state index is 11.4. The number of carbonyl (C=O) groups excluding carboxylic acids is 2. The smallest absolute Gasteiger partial charge is 0.408 e. The lowest BCUT2D eigenvalue weighted by atomic mass is 9.95. The summed E-state index contributed by atoms with van der Waals surface area (Å²) in [5.74, 6) is -0.401. The number of methoxy groups -OCH3 is 1. The molecular weight excluding hydrogens is 210 g/mol. The van der Waals surface area contributed by atoms with Gasteiger partial charge in [-0.2, -0.15) is 0 Å². The standard InChI is InChI=1S/C11H17NO4/c1-4-5-6-7(2)9-8(10(13)15-3)12-11(14)16-9/h4-5,7-9H,6H2,1-3H3,(H,12,14)/b5-4-/t7-,8+,9-/m1/s1. The SMILES string of the molecule is C/C=C\C[C@@H](C)[C@H]1OC(=O)N[C@@H]1C(=O)OC. The van der Waals surface area contributed by atoms with Crippen LogP contribution in [0.15, 0.2) is 12.2 Å². The van der Waals surface area contributed by atoms with Crippen molar-refractivity contribution in [3.63, 3.8) is 0 Å². The van der Waals surface area contributed by atoms with E-state index >= 15 is 0 Å². The summed E-state index contributed by atoms with van der Waals surface area (Å²) >= 11 is 0. The molecule has 0 aliphatic carbocycles. The van der Waals surface area contributed by atoms with Gasteiger partial charge in [-0.3, -0.25) is 0 Å². The largest absolute Gasteiger partial charge is 0.467 e. The number of allylic oxidation sites excluding steroid dienone is 2. The quantitative estimate of drug-likeness (QED) is 0.579. The van der Waals surface area contributed by atoms with Gasteiger partial charge in [0.2, 0.25) is 0 Å². The molecule has 1 aliphatic rings. The van der Waals surface area contributed by atoms with Crippen LogP contribution in [0, 0.1) is 5.92 Å². The molecule has 1 aliphatic heterocycles. The summed E-state index contributed by atoms with van der Waals surface area (Å²) < 4.78 is 9.69. The van der Waals surface area contributed by atoms with Gasteiger partial charge < -0.3 is 14.8 Å². The Labute approximate surface area is 94.8 Å². The van der Waals surface area contributed by atoms with Crippen LogP contribution in [0.3, 0.4) is 0 Å². The Morgan fingerprint density at radius 2 is 2.38 bits per heavy atom. The average molecular weight is 227 g/mol. The van der Waals surface area contributed by atoms with Crippen LogP contribution in [0.25, 0.3) is 0 Å². The molecule has 0 saturated carbocycles. The third-order valence-electron chi connectivity index (χ3n) is 2.60. The zero-order valence-corrected chi connectivity index (χ0v) is 9.73. The summed E-state index contributed by atoms with van der Waals surface area (Å²) in [5.41, 5.74) is 0. The minimum atomic E-state index is -0.697. The van der Waals surface area contributed by atoms with Gasteiger partial charge in [0.15, 0.2) is 6.04 Å². The van der Waals surface area contributed by atoms with Crippen LogP contribution < -0.4 is 5.32 Å². The van der Waals surface area contributed by atoms with Crippen molar-refractivity contribution in [3.8, 4) is 0 Å². The molecule has 1 rings (SSSR count). The Balaban J connectivity index is 2.68. The summed E-state index contributed by atoms with van der Waals surface area (Å²) in [6.07, 6.45) is 3.63. The predicted octanol–water partition coefficient (Wildman–Crippen LogP) is 1.24. The highest BCUT2D eigenvalue weighted by Gasteiger charge is 2.42. The van der Waals surface area contributed by atoms with E-state index in [2.05, 4.69) is 10.1 Å². The molecule has 1 N–H and O–H groups in total. The van der Waals surface area contributed by atoms with Crippen molar-refractivity contribution in [2.24, 2.45) is 5.92 Å². The van der Waals surface area contributed by atoms with E-state index in [9.17, 15) is 9.59 Å².